The third-order valence-electron chi connectivity index (χ3n) is 3.16. The second kappa shape index (κ2) is 10.5. The van der Waals surface area contributed by atoms with Crippen molar-refractivity contribution >= 4 is 17.9 Å². The molecule has 11 nitrogen and oxygen atoms in total. The molecule has 0 aromatic carbocycles. The molecule has 0 saturated carbocycles. The zero-order valence-electron chi connectivity index (χ0n) is 14.5. The van der Waals surface area contributed by atoms with E-state index < -0.39 is 48.7 Å². The number of rotatable bonds is 8. The molecule has 0 aliphatic carbocycles. The van der Waals surface area contributed by atoms with Gasteiger partial charge in [-0.3, -0.25) is 14.4 Å². The Kier molecular flexibility index (Phi) is 8.76. The van der Waals surface area contributed by atoms with Gasteiger partial charge in [0.15, 0.2) is 24.7 Å². The van der Waals surface area contributed by atoms with Gasteiger partial charge in [-0.2, -0.15) is 0 Å². The Morgan fingerprint density at radius 2 is 1.73 bits per heavy atom. The molecule has 1 aliphatic rings. The van der Waals surface area contributed by atoms with Crippen LogP contribution >= 0.6 is 0 Å². The number of azide groups is 1. The minimum atomic E-state index is -2.00. The number of halogens is 1. The molecule has 0 amide bonds. The lowest BCUT2D eigenvalue weighted by atomic mass is 9.99. The number of esters is 3. The van der Waals surface area contributed by atoms with Crippen molar-refractivity contribution in [3.63, 3.8) is 0 Å². The topological polar surface area (TPSA) is 146 Å². The fourth-order valence-electron chi connectivity index (χ4n) is 2.25. The summed E-state index contributed by atoms with van der Waals surface area (Å²) >= 11 is 0. The van der Waals surface area contributed by atoms with E-state index in [1.54, 1.807) is 0 Å². The Morgan fingerprint density at radius 1 is 1.12 bits per heavy atom. The first-order chi connectivity index (χ1) is 12.3. The van der Waals surface area contributed by atoms with Gasteiger partial charge < -0.3 is 23.7 Å². The zero-order chi connectivity index (χ0) is 19.7. The molecule has 0 bridgehead atoms. The number of ether oxygens (including phenoxy) is 5. The van der Waals surface area contributed by atoms with Gasteiger partial charge in [-0.15, -0.1) is 0 Å². The van der Waals surface area contributed by atoms with Crippen LogP contribution in [0.4, 0.5) is 4.39 Å². The van der Waals surface area contributed by atoms with E-state index in [-0.39, 0.29) is 19.8 Å². The second-order valence-corrected chi connectivity index (χ2v) is 5.26. The van der Waals surface area contributed by atoms with Gasteiger partial charge in [-0.1, -0.05) is 5.11 Å². The zero-order valence-corrected chi connectivity index (χ0v) is 14.5. The summed E-state index contributed by atoms with van der Waals surface area (Å²) in [6.45, 7) is 2.67. The van der Waals surface area contributed by atoms with Crippen LogP contribution in [-0.4, -0.2) is 68.4 Å². The van der Waals surface area contributed by atoms with Crippen LogP contribution in [0.3, 0.4) is 0 Å². The van der Waals surface area contributed by atoms with Gasteiger partial charge in [-0.05, 0) is 5.53 Å². The lowest BCUT2D eigenvalue weighted by molar-refractivity contribution is -0.292. The van der Waals surface area contributed by atoms with Crippen molar-refractivity contribution in [3.05, 3.63) is 10.4 Å². The summed E-state index contributed by atoms with van der Waals surface area (Å²) in [5, 5.41) is 3.24. The van der Waals surface area contributed by atoms with Crippen molar-refractivity contribution < 1.29 is 42.5 Å². The Labute approximate surface area is 148 Å². The highest BCUT2D eigenvalue weighted by atomic mass is 18.2. The molecule has 146 valence electrons. The Morgan fingerprint density at radius 3 is 2.27 bits per heavy atom. The summed E-state index contributed by atoms with van der Waals surface area (Å²) in [6, 6.07) is 0. The summed E-state index contributed by atoms with van der Waals surface area (Å²) in [5.74, 6) is -2.21. The first kappa shape index (κ1) is 21.6. The second-order valence-electron chi connectivity index (χ2n) is 5.26. The van der Waals surface area contributed by atoms with E-state index in [0.29, 0.717) is 0 Å². The highest BCUT2D eigenvalue weighted by Crippen LogP contribution is 2.29. The Balaban J connectivity index is 2.99. The van der Waals surface area contributed by atoms with Gasteiger partial charge in [0.25, 0.3) is 0 Å². The number of nitrogens with zero attached hydrogens (tertiary/aromatic N) is 3. The number of carbonyl (C=O) groups is 3. The fourth-order valence-corrected chi connectivity index (χ4v) is 2.25. The average molecular weight is 376 g/mol. The van der Waals surface area contributed by atoms with Crippen molar-refractivity contribution in [3.8, 4) is 0 Å². The SMILES string of the molecule is CC(=O)OC[C@H]1O[C@@H](OCCN=[N+]=[N-])[C@H]([18F])[C@@H](OC(C)=O)[C@@H]1OC(C)=O. The van der Waals surface area contributed by atoms with Crippen LogP contribution in [0, 0.1) is 0 Å². The number of hydrogen-bond donors (Lipinski definition) is 0. The largest absolute Gasteiger partial charge is 0.463 e. The predicted octanol–water partition coefficient (Wildman–Crippen LogP) is 0.803. The number of alkyl halides is 1. The summed E-state index contributed by atoms with van der Waals surface area (Å²) in [6.07, 6.45) is -7.52. The standard InChI is InChI=1S/C14H20FN3O8/c1-7(19)23-6-10-12(24-8(2)20)13(25-9(3)21)11(15)14(26-10)22-5-4-17-18-16/h10-14H,4-6H2,1-3H3/t10-,11-,12-,13-,14-/m1/s1/i15-1. The first-order valence-corrected chi connectivity index (χ1v) is 7.66. The molecule has 0 unspecified atom stereocenters. The smallest absolute Gasteiger partial charge is 0.303 e. The Bertz CT molecular complexity index is 568. The molecule has 0 radical (unpaired) electrons. The van der Waals surface area contributed by atoms with Gasteiger partial charge >= 0.3 is 17.9 Å². The van der Waals surface area contributed by atoms with Crippen molar-refractivity contribution in [1.29, 1.82) is 0 Å². The molecule has 26 heavy (non-hydrogen) atoms. The number of hydrogen-bond acceptors (Lipinski definition) is 9. The predicted molar refractivity (Wildman–Crippen MR) is 81.3 cm³/mol. The first-order valence-electron chi connectivity index (χ1n) is 7.66. The molecular weight excluding hydrogens is 356 g/mol. The summed E-state index contributed by atoms with van der Waals surface area (Å²) in [4.78, 5) is 36.2. The molecule has 1 aliphatic heterocycles. The van der Waals surface area contributed by atoms with Crippen LogP contribution in [0.5, 0.6) is 0 Å². The summed E-state index contributed by atoms with van der Waals surface area (Å²) < 4.78 is 40.1. The lowest BCUT2D eigenvalue weighted by Crippen LogP contribution is -2.60. The van der Waals surface area contributed by atoms with Crippen LogP contribution in [-0.2, 0) is 38.1 Å². The molecular formula is C14H20FN3O8. The number of carbonyl (C=O) groups excluding carboxylic acids is 3. The average Bonchev–Trinajstić information content (AvgIpc) is 2.54. The van der Waals surface area contributed by atoms with Crippen LogP contribution in [0.1, 0.15) is 20.8 Å². The minimum absolute atomic E-state index is 0.0801. The summed E-state index contributed by atoms with van der Waals surface area (Å²) in [5.41, 5.74) is 8.22. The monoisotopic (exact) mass is 376 g/mol. The molecule has 1 rings (SSSR count). The van der Waals surface area contributed by atoms with Gasteiger partial charge in [0, 0.05) is 32.2 Å². The molecule has 5 atom stereocenters. The van der Waals surface area contributed by atoms with Crippen LogP contribution < -0.4 is 0 Å². The molecule has 0 aromatic rings. The normalized spacial score (nSPS) is 27.8. The van der Waals surface area contributed by atoms with Gasteiger partial charge in [0.05, 0.1) is 6.61 Å². The fraction of sp³-hybridized carbons (Fsp3) is 0.786. The van der Waals surface area contributed by atoms with Crippen molar-refractivity contribution in [2.24, 2.45) is 5.11 Å². The highest BCUT2D eigenvalue weighted by molar-refractivity contribution is 5.67. The highest BCUT2D eigenvalue weighted by Gasteiger charge is 2.51. The molecule has 1 heterocycles. The van der Waals surface area contributed by atoms with E-state index in [9.17, 15) is 18.8 Å². The van der Waals surface area contributed by atoms with E-state index in [2.05, 4.69) is 10.0 Å². The van der Waals surface area contributed by atoms with Crippen LogP contribution in [0.25, 0.3) is 10.4 Å². The maximum Gasteiger partial charge on any atom is 0.303 e. The van der Waals surface area contributed by atoms with Crippen molar-refractivity contribution in [2.75, 3.05) is 19.8 Å². The molecule has 1 saturated heterocycles. The summed E-state index contributed by atoms with van der Waals surface area (Å²) in [7, 11) is 0. The third-order valence-corrected chi connectivity index (χ3v) is 3.16. The maximum absolute atomic E-state index is 14.7. The maximum atomic E-state index is 14.7. The molecule has 1 fully saturated rings. The quantitative estimate of drug-likeness (QED) is 0.151. The van der Waals surface area contributed by atoms with Crippen molar-refractivity contribution in [2.45, 2.75) is 51.5 Å². The van der Waals surface area contributed by atoms with E-state index in [1.807, 2.05) is 0 Å². The minimum Gasteiger partial charge on any atom is -0.463 e. The Hall–Kier alpha value is -2.43. The van der Waals surface area contributed by atoms with Gasteiger partial charge in [-0.25, -0.2) is 4.39 Å². The molecule has 0 N–H and O–H groups in total. The van der Waals surface area contributed by atoms with E-state index >= 15 is 0 Å². The molecule has 0 aromatic heterocycles. The van der Waals surface area contributed by atoms with Crippen molar-refractivity contribution in [1.82, 2.24) is 0 Å². The van der Waals surface area contributed by atoms with Crippen LogP contribution in [0.2, 0.25) is 0 Å². The molecule has 12 heteroatoms. The van der Waals surface area contributed by atoms with Gasteiger partial charge in [0.1, 0.15) is 12.7 Å². The lowest BCUT2D eigenvalue weighted by Gasteiger charge is -2.41. The molecule has 0 spiro atoms. The van der Waals surface area contributed by atoms with E-state index in [1.165, 1.54) is 0 Å². The van der Waals surface area contributed by atoms with Crippen LogP contribution in [0.15, 0.2) is 5.11 Å². The van der Waals surface area contributed by atoms with Gasteiger partial charge in [0.2, 0.25) is 0 Å². The third kappa shape index (κ3) is 6.82. The van der Waals surface area contributed by atoms with E-state index in [4.69, 9.17) is 29.2 Å². The van der Waals surface area contributed by atoms with E-state index in [0.717, 1.165) is 20.8 Å².